The van der Waals surface area contributed by atoms with E-state index >= 15 is 0 Å². The Bertz CT molecular complexity index is 564. The molecule has 6 heteroatoms. The summed E-state index contributed by atoms with van der Waals surface area (Å²) in [5, 5.41) is 5.44. The van der Waals surface area contributed by atoms with Crippen LogP contribution in [0.5, 0.6) is 0 Å². The lowest BCUT2D eigenvalue weighted by Crippen LogP contribution is -2.37. The molecule has 2 N–H and O–H groups in total. The largest absolute Gasteiger partial charge is 0.452 e. The topological polar surface area (TPSA) is 84.5 Å². The van der Waals surface area contributed by atoms with Crippen molar-refractivity contribution in [1.29, 1.82) is 0 Å². The summed E-state index contributed by atoms with van der Waals surface area (Å²) in [5.74, 6) is -0.856. The Labute approximate surface area is 129 Å². The van der Waals surface area contributed by atoms with Crippen molar-refractivity contribution in [3.8, 4) is 0 Å². The second-order valence-electron chi connectivity index (χ2n) is 5.47. The number of amides is 2. The van der Waals surface area contributed by atoms with Crippen molar-refractivity contribution in [3.05, 3.63) is 29.8 Å². The van der Waals surface area contributed by atoms with E-state index in [4.69, 9.17) is 4.74 Å². The van der Waals surface area contributed by atoms with E-state index in [9.17, 15) is 14.4 Å². The van der Waals surface area contributed by atoms with Crippen LogP contribution in [-0.2, 0) is 25.5 Å². The molecule has 0 radical (unpaired) electrons. The molecule has 0 unspecified atom stereocenters. The van der Waals surface area contributed by atoms with Gasteiger partial charge in [-0.25, -0.2) is 0 Å². The zero-order chi connectivity index (χ0) is 16.1. The third kappa shape index (κ3) is 5.20. The lowest BCUT2D eigenvalue weighted by Gasteiger charge is -2.13. The van der Waals surface area contributed by atoms with Crippen LogP contribution in [0.3, 0.4) is 0 Å². The zero-order valence-electron chi connectivity index (χ0n) is 12.7. The molecule has 1 fully saturated rings. The highest BCUT2D eigenvalue weighted by Crippen LogP contribution is 2.19. The third-order valence-electron chi connectivity index (χ3n) is 3.22. The molecule has 1 aliphatic carbocycles. The van der Waals surface area contributed by atoms with Crippen molar-refractivity contribution in [2.24, 2.45) is 0 Å². The van der Waals surface area contributed by atoms with Gasteiger partial charge < -0.3 is 15.4 Å². The summed E-state index contributed by atoms with van der Waals surface area (Å²) in [6.07, 6.45) is 1.29. The summed E-state index contributed by atoms with van der Waals surface area (Å²) in [6, 6.07) is 7.15. The number of rotatable bonds is 6. The van der Waals surface area contributed by atoms with Crippen molar-refractivity contribution in [2.45, 2.75) is 45.3 Å². The van der Waals surface area contributed by atoms with E-state index in [0.717, 1.165) is 18.4 Å². The van der Waals surface area contributed by atoms with E-state index in [1.807, 2.05) is 0 Å². The SMILES string of the molecule is CC(=O)Nc1ccc(CC(=O)O[C@@H](C)C(=O)NC2CC2)cc1. The minimum absolute atomic E-state index is 0.0847. The minimum atomic E-state index is -0.785. The molecule has 0 spiro atoms. The highest BCUT2D eigenvalue weighted by atomic mass is 16.5. The Morgan fingerprint density at radius 1 is 1.23 bits per heavy atom. The number of ether oxygens (including phenoxy) is 1. The van der Waals surface area contributed by atoms with Gasteiger partial charge in [0.2, 0.25) is 5.91 Å². The summed E-state index contributed by atoms with van der Waals surface area (Å²) >= 11 is 0. The summed E-state index contributed by atoms with van der Waals surface area (Å²) in [5.41, 5.74) is 1.43. The highest BCUT2D eigenvalue weighted by molar-refractivity contribution is 5.88. The first-order chi connectivity index (χ1) is 10.4. The van der Waals surface area contributed by atoms with Gasteiger partial charge in [-0.1, -0.05) is 12.1 Å². The Morgan fingerprint density at radius 3 is 2.41 bits per heavy atom. The normalized spacial score (nSPS) is 14.8. The fourth-order valence-electron chi connectivity index (χ4n) is 1.91. The first-order valence-electron chi connectivity index (χ1n) is 7.30. The Hall–Kier alpha value is -2.37. The van der Waals surface area contributed by atoms with E-state index in [1.54, 1.807) is 31.2 Å². The van der Waals surface area contributed by atoms with Crippen LogP contribution in [0.4, 0.5) is 5.69 Å². The van der Waals surface area contributed by atoms with Gasteiger partial charge in [0.05, 0.1) is 6.42 Å². The van der Waals surface area contributed by atoms with Gasteiger partial charge in [-0.15, -0.1) is 0 Å². The Morgan fingerprint density at radius 2 is 1.86 bits per heavy atom. The molecule has 22 heavy (non-hydrogen) atoms. The van der Waals surface area contributed by atoms with Gasteiger partial charge in [0.25, 0.3) is 5.91 Å². The maximum atomic E-state index is 11.8. The lowest BCUT2D eigenvalue weighted by molar-refractivity contribution is -0.154. The predicted octanol–water partition coefficient (Wildman–Crippen LogP) is 1.40. The average Bonchev–Trinajstić information content (AvgIpc) is 3.24. The van der Waals surface area contributed by atoms with Crippen LogP contribution in [0.15, 0.2) is 24.3 Å². The van der Waals surface area contributed by atoms with Gasteiger partial charge in [0.15, 0.2) is 6.10 Å². The standard InChI is InChI=1S/C16H20N2O4/c1-10(16(21)18-14-7-8-14)22-15(20)9-12-3-5-13(6-4-12)17-11(2)19/h3-6,10,14H,7-9H2,1-2H3,(H,17,19)(H,18,21)/t10-/m0/s1. The van der Waals surface area contributed by atoms with Crippen LogP contribution in [0.25, 0.3) is 0 Å². The van der Waals surface area contributed by atoms with E-state index in [2.05, 4.69) is 10.6 Å². The van der Waals surface area contributed by atoms with Crippen LogP contribution in [0.2, 0.25) is 0 Å². The van der Waals surface area contributed by atoms with Gasteiger partial charge in [-0.05, 0) is 37.5 Å². The second kappa shape index (κ2) is 7.06. The fourth-order valence-corrected chi connectivity index (χ4v) is 1.91. The summed E-state index contributed by atoms with van der Waals surface area (Å²) in [7, 11) is 0. The molecule has 1 atom stereocenters. The van der Waals surface area contributed by atoms with E-state index in [0.29, 0.717) is 5.69 Å². The van der Waals surface area contributed by atoms with Crippen molar-refractivity contribution < 1.29 is 19.1 Å². The summed E-state index contributed by atoms with van der Waals surface area (Å²) < 4.78 is 5.12. The number of benzene rings is 1. The molecule has 1 aromatic carbocycles. The number of hydrogen-bond donors (Lipinski definition) is 2. The van der Waals surface area contributed by atoms with Crippen molar-refractivity contribution >= 4 is 23.5 Å². The minimum Gasteiger partial charge on any atom is -0.452 e. The molecule has 0 saturated heterocycles. The molecule has 2 rings (SSSR count). The maximum absolute atomic E-state index is 11.8. The van der Waals surface area contributed by atoms with Gasteiger partial charge in [0.1, 0.15) is 0 Å². The molecular weight excluding hydrogens is 284 g/mol. The van der Waals surface area contributed by atoms with Crippen molar-refractivity contribution in [2.75, 3.05) is 5.32 Å². The summed E-state index contributed by atoms with van der Waals surface area (Å²) in [4.78, 5) is 34.4. The molecule has 1 saturated carbocycles. The van der Waals surface area contributed by atoms with E-state index in [1.165, 1.54) is 6.92 Å². The Balaban J connectivity index is 1.80. The molecule has 0 aromatic heterocycles. The quantitative estimate of drug-likeness (QED) is 0.778. The first kappa shape index (κ1) is 16.0. The van der Waals surface area contributed by atoms with Gasteiger partial charge in [-0.3, -0.25) is 14.4 Å². The van der Waals surface area contributed by atoms with Gasteiger partial charge >= 0.3 is 5.97 Å². The number of hydrogen-bond acceptors (Lipinski definition) is 4. The van der Waals surface area contributed by atoms with E-state index < -0.39 is 12.1 Å². The van der Waals surface area contributed by atoms with Crippen molar-refractivity contribution in [3.63, 3.8) is 0 Å². The second-order valence-corrected chi connectivity index (χ2v) is 5.47. The smallest absolute Gasteiger partial charge is 0.311 e. The molecule has 0 bridgehead atoms. The first-order valence-corrected chi connectivity index (χ1v) is 7.30. The number of carbonyl (C=O) groups is 3. The Kier molecular flexibility index (Phi) is 5.14. The van der Waals surface area contributed by atoms with Crippen molar-refractivity contribution in [1.82, 2.24) is 5.32 Å². The fraction of sp³-hybridized carbons (Fsp3) is 0.438. The highest BCUT2D eigenvalue weighted by Gasteiger charge is 2.27. The van der Waals surface area contributed by atoms with Gasteiger partial charge in [0, 0.05) is 18.7 Å². The maximum Gasteiger partial charge on any atom is 0.311 e. The molecule has 2 amide bonds. The van der Waals surface area contributed by atoms with Crippen LogP contribution >= 0.6 is 0 Å². The predicted molar refractivity (Wildman–Crippen MR) is 81.2 cm³/mol. The molecule has 0 heterocycles. The third-order valence-corrected chi connectivity index (χ3v) is 3.22. The number of anilines is 1. The number of nitrogens with one attached hydrogen (secondary N) is 2. The molecule has 6 nitrogen and oxygen atoms in total. The van der Waals surface area contributed by atoms with Gasteiger partial charge in [-0.2, -0.15) is 0 Å². The molecule has 0 aliphatic heterocycles. The van der Waals surface area contributed by atoms with Crippen LogP contribution in [0.1, 0.15) is 32.3 Å². The molecule has 1 aromatic rings. The van der Waals surface area contributed by atoms with Crippen LogP contribution in [0, 0.1) is 0 Å². The monoisotopic (exact) mass is 304 g/mol. The molecule has 118 valence electrons. The van der Waals surface area contributed by atoms with Crippen LogP contribution in [-0.4, -0.2) is 29.9 Å². The number of carbonyl (C=O) groups excluding carboxylic acids is 3. The summed E-state index contributed by atoms with van der Waals surface area (Å²) in [6.45, 7) is 2.99. The molecule has 1 aliphatic rings. The number of esters is 1. The zero-order valence-corrected chi connectivity index (χ0v) is 12.7. The van der Waals surface area contributed by atoms with Crippen LogP contribution < -0.4 is 10.6 Å². The van der Waals surface area contributed by atoms with E-state index in [-0.39, 0.29) is 24.3 Å². The lowest BCUT2D eigenvalue weighted by atomic mass is 10.1. The molecular formula is C16H20N2O4. The average molecular weight is 304 g/mol.